The van der Waals surface area contributed by atoms with E-state index in [4.69, 9.17) is 5.14 Å². The van der Waals surface area contributed by atoms with Gasteiger partial charge in [-0.3, -0.25) is 4.79 Å². The second kappa shape index (κ2) is 7.65. The number of carbonyl (C=O) groups is 1. The fraction of sp³-hybridized carbons (Fsp3) is 0.318. The van der Waals surface area contributed by atoms with E-state index in [1.54, 1.807) is 12.1 Å². The Balaban J connectivity index is 1.91. The largest absolute Gasteiger partial charge is 0.481 e. The van der Waals surface area contributed by atoms with Crippen LogP contribution >= 0.6 is 0 Å². The van der Waals surface area contributed by atoms with Gasteiger partial charge in [-0.05, 0) is 42.0 Å². The van der Waals surface area contributed by atoms with Crippen molar-refractivity contribution in [1.82, 2.24) is 4.98 Å². The number of nitrogens with one attached hydrogen (secondary N) is 1. The van der Waals surface area contributed by atoms with E-state index in [2.05, 4.69) is 4.98 Å². The summed E-state index contributed by atoms with van der Waals surface area (Å²) in [5, 5.41) is 15.7. The van der Waals surface area contributed by atoms with Gasteiger partial charge in [-0.1, -0.05) is 49.6 Å². The zero-order valence-electron chi connectivity index (χ0n) is 16.0. The molecule has 0 bridgehead atoms. The van der Waals surface area contributed by atoms with Crippen molar-refractivity contribution in [2.45, 2.75) is 49.3 Å². The lowest BCUT2D eigenvalue weighted by atomic mass is 9.84. The summed E-state index contributed by atoms with van der Waals surface area (Å²) in [5.74, 6) is -0.647. The van der Waals surface area contributed by atoms with E-state index >= 15 is 0 Å². The number of aromatic nitrogens is 1. The summed E-state index contributed by atoms with van der Waals surface area (Å²) in [6.07, 6.45) is 5.36. The third kappa shape index (κ3) is 3.93. The van der Waals surface area contributed by atoms with Gasteiger partial charge in [-0.2, -0.15) is 0 Å². The lowest BCUT2D eigenvalue weighted by Crippen LogP contribution is -2.15. The van der Waals surface area contributed by atoms with Crippen molar-refractivity contribution in [1.29, 1.82) is 0 Å². The SMILES string of the molecule is NS(=O)(=O)c1cc(C2CCCCC2)ccc1-c1[nH]c2ccccc2c1CC(=O)O. The Morgan fingerprint density at radius 3 is 2.52 bits per heavy atom. The van der Waals surface area contributed by atoms with Crippen molar-refractivity contribution in [3.8, 4) is 11.3 Å². The van der Waals surface area contributed by atoms with Crippen LogP contribution < -0.4 is 5.14 Å². The molecule has 0 spiro atoms. The second-order valence-electron chi connectivity index (χ2n) is 7.73. The Morgan fingerprint density at radius 2 is 1.83 bits per heavy atom. The highest BCUT2D eigenvalue weighted by Crippen LogP contribution is 2.38. The quantitative estimate of drug-likeness (QED) is 0.584. The number of benzene rings is 2. The molecular formula is C22H24N2O4S. The molecule has 4 rings (SSSR count). The van der Waals surface area contributed by atoms with Crippen molar-refractivity contribution < 1.29 is 18.3 Å². The zero-order valence-corrected chi connectivity index (χ0v) is 16.8. The molecule has 3 aromatic rings. The highest BCUT2D eigenvalue weighted by molar-refractivity contribution is 7.89. The predicted octanol–water partition coefficient (Wildman–Crippen LogP) is 4.16. The molecule has 0 unspecified atom stereocenters. The van der Waals surface area contributed by atoms with Crippen LogP contribution in [0.15, 0.2) is 47.4 Å². The number of aliphatic carboxylic acids is 1. The molecule has 1 heterocycles. The molecule has 4 N–H and O–H groups in total. The Labute approximate surface area is 169 Å². The molecule has 1 aromatic heterocycles. The molecule has 0 radical (unpaired) electrons. The van der Waals surface area contributed by atoms with E-state index in [0.717, 1.165) is 42.1 Å². The summed E-state index contributed by atoms with van der Waals surface area (Å²) < 4.78 is 24.9. The number of nitrogens with two attached hydrogens (primary N) is 1. The minimum Gasteiger partial charge on any atom is -0.481 e. The van der Waals surface area contributed by atoms with Gasteiger partial charge in [0.05, 0.1) is 17.0 Å². The Hall–Kier alpha value is -2.64. The lowest BCUT2D eigenvalue weighted by molar-refractivity contribution is -0.136. The molecule has 1 fully saturated rings. The third-order valence-corrected chi connectivity index (χ3v) is 6.75. The van der Waals surface area contributed by atoms with Crippen molar-refractivity contribution >= 4 is 26.9 Å². The van der Waals surface area contributed by atoms with E-state index in [1.165, 1.54) is 6.42 Å². The Bertz CT molecular complexity index is 1170. The van der Waals surface area contributed by atoms with E-state index in [1.807, 2.05) is 30.3 Å². The van der Waals surface area contributed by atoms with Gasteiger partial charge in [0, 0.05) is 16.5 Å². The molecule has 7 heteroatoms. The van der Waals surface area contributed by atoms with E-state index in [-0.39, 0.29) is 11.3 Å². The second-order valence-corrected chi connectivity index (χ2v) is 9.26. The summed E-state index contributed by atoms with van der Waals surface area (Å²) in [7, 11) is -3.99. The third-order valence-electron chi connectivity index (χ3n) is 5.80. The van der Waals surface area contributed by atoms with Gasteiger partial charge in [-0.15, -0.1) is 0 Å². The number of primary sulfonamides is 1. The molecule has 0 amide bonds. The summed E-state index contributed by atoms with van der Waals surface area (Å²) in [6, 6.07) is 12.8. The maximum Gasteiger partial charge on any atom is 0.307 e. The molecule has 152 valence electrons. The van der Waals surface area contributed by atoms with Gasteiger partial charge in [0.1, 0.15) is 0 Å². The first-order valence-electron chi connectivity index (χ1n) is 9.83. The highest BCUT2D eigenvalue weighted by atomic mass is 32.2. The fourth-order valence-corrected chi connectivity index (χ4v) is 5.21. The summed E-state index contributed by atoms with van der Waals surface area (Å²) in [6.45, 7) is 0. The van der Waals surface area contributed by atoms with Crippen LogP contribution in [-0.2, 0) is 21.2 Å². The number of hydrogen-bond donors (Lipinski definition) is 3. The van der Waals surface area contributed by atoms with Gasteiger partial charge in [-0.25, -0.2) is 13.6 Å². The number of carboxylic acid groups (broad SMARTS) is 1. The van der Waals surface area contributed by atoms with E-state index in [0.29, 0.717) is 22.7 Å². The average Bonchev–Trinajstić information content (AvgIpc) is 3.05. The van der Waals surface area contributed by atoms with E-state index in [9.17, 15) is 18.3 Å². The smallest absolute Gasteiger partial charge is 0.307 e. The number of sulfonamides is 1. The molecule has 1 saturated carbocycles. The normalized spacial score (nSPS) is 15.6. The minimum absolute atomic E-state index is 0.0405. The van der Waals surface area contributed by atoms with Crippen LogP contribution in [0.3, 0.4) is 0 Å². The molecule has 1 aliphatic carbocycles. The first-order chi connectivity index (χ1) is 13.8. The van der Waals surface area contributed by atoms with Crippen LogP contribution in [0.2, 0.25) is 0 Å². The maximum atomic E-state index is 12.5. The molecule has 29 heavy (non-hydrogen) atoms. The zero-order chi connectivity index (χ0) is 20.6. The Morgan fingerprint density at radius 1 is 1.10 bits per heavy atom. The van der Waals surface area contributed by atoms with Crippen LogP contribution in [0.5, 0.6) is 0 Å². The van der Waals surface area contributed by atoms with Crippen LogP contribution in [0.4, 0.5) is 0 Å². The molecule has 2 aromatic carbocycles. The molecule has 0 saturated heterocycles. The summed E-state index contributed by atoms with van der Waals surface area (Å²) in [5.41, 5.74) is 3.21. The van der Waals surface area contributed by atoms with Crippen LogP contribution in [0.1, 0.15) is 49.1 Å². The van der Waals surface area contributed by atoms with Crippen LogP contribution in [0.25, 0.3) is 22.2 Å². The highest BCUT2D eigenvalue weighted by Gasteiger charge is 2.24. The number of fused-ring (bicyclic) bond motifs is 1. The summed E-state index contributed by atoms with van der Waals surface area (Å²) >= 11 is 0. The van der Waals surface area contributed by atoms with Gasteiger partial charge >= 0.3 is 5.97 Å². The standard InChI is InChI=1S/C22H24N2O4S/c23-29(27,28)20-12-15(14-6-2-1-3-7-14)10-11-17(20)22-18(13-21(25)26)16-8-4-5-9-19(16)24-22/h4-5,8-12,14,24H,1-3,6-7,13H2,(H,25,26)(H2,23,27,28). The number of para-hydroxylation sites is 1. The molecular weight excluding hydrogens is 388 g/mol. The fourth-order valence-electron chi connectivity index (χ4n) is 4.44. The van der Waals surface area contributed by atoms with E-state index < -0.39 is 16.0 Å². The molecule has 6 nitrogen and oxygen atoms in total. The predicted molar refractivity (Wildman–Crippen MR) is 112 cm³/mol. The molecule has 1 aliphatic rings. The monoisotopic (exact) mass is 412 g/mol. The number of aromatic amines is 1. The van der Waals surface area contributed by atoms with Crippen molar-refractivity contribution in [3.05, 3.63) is 53.6 Å². The lowest BCUT2D eigenvalue weighted by Gasteiger charge is -2.23. The van der Waals surface area contributed by atoms with Crippen LogP contribution in [0, 0.1) is 0 Å². The minimum atomic E-state index is -3.99. The number of H-pyrrole nitrogens is 1. The molecule has 0 atom stereocenters. The van der Waals surface area contributed by atoms with Gasteiger partial charge in [0.15, 0.2) is 0 Å². The first kappa shape index (κ1) is 19.7. The number of hydrogen-bond acceptors (Lipinski definition) is 3. The topological polar surface area (TPSA) is 113 Å². The Kier molecular flexibility index (Phi) is 5.19. The molecule has 0 aliphatic heterocycles. The van der Waals surface area contributed by atoms with Gasteiger partial charge in [0.25, 0.3) is 0 Å². The number of carboxylic acids is 1. The van der Waals surface area contributed by atoms with Gasteiger partial charge in [0.2, 0.25) is 10.0 Å². The first-order valence-corrected chi connectivity index (χ1v) is 11.4. The van der Waals surface area contributed by atoms with Crippen molar-refractivity contribution in [3.63, 3.8) is 0 Å². The average molecular weight is 413 g/mol. The maximum absolute atomic E-state index is 12.5. The van der Waals surface area contributed by atoms with Gasteiger partial charge < -0.3 is 10.1 Å². The number of rotatable bonds is 5. The summed E-state index contributed by atoms with van der Waals surface area (Å²) in [4.78, 5) is 14.7. The van der Waals surface area contributed by atoms with Crippen molar-refractivity contribution in [2.75, 3.05) is 0 Å². The van der Waals surface area contributed by atoms with Crippen molar-refractivity contribution in [2.24, 2.45) is 5.14 Å². The van der Waals surface area contributed by atoms with Crippen LogP contribution in [-0.4, -0.2) is 24.5 Å².